The van der Waals surface area contributed by atoms with Crippen molar-refractivity contribution < 1.29 is 14.6 Å². The van der Waals surface area contributed by atoms with E-state index in [1.54, 1.807) is 0 Å². The summed E-state index contributed by atoms with van der Waals surface area (Å²) >= 11 is 0. The van der Waals surface area contributed by atoms with Crippen LogP contribution in [0, 0.1) is 5.92 Å². The van der Waals surface area contributed by atoms with Crippen molar-refractivity contribution in [2.24, 2.45) is 5.92 Å². The first-order chi connectivity index (χ1) is 8.38. The van der Waals surface area contributed by atoms with E-state index in [4.69, 9.17) is 4.74 Å². The zero-order valence-electron chi connectivity index (χ0n) is 12.5. The van der Waals surface area contributed by atoms with Crippen molar-refractivity contribution in [2.75, 3.05) is 13.2 Å². The predicted octanol–water partition coefficient (Wildman–Crippen LogP) is 2.10. The minimum absolute atomic E-state index is 0.0172. The highest BCUT2D eigenvalue weighted by Gasteiger charge is 2.39. The van der Waals surface area contributed by atoms with E-state index in [1.165, 1.54) is 0 Å². The van der Waals surface area contributed by atoms with Gasteiger partial charge >= 0.3 is 5.97 Å². The Morgan fingerprint density at radius 3 is 2.33 bits per heavy atom. The smallest absolute Gasteiger partial charge is 0.326 e. The molecule has 0 saturated heterocycles. The van der Waals surface area contributed by atoms with E-state index < -0.39 is 5.54 Å². The second-order valence-corrected chi connectivity index (χ2v) is 5.53. The van der Waals surface area contributed by atoms with Gasteiger partial charge < -0.3 is 15.2 Å². The molecule has 0 aliphatic carbocycles. The highest BCUT2D eigenvalue weighted by molar-refractivity contribution is 5.81. The van der Waals surface area contributed by atoms with Gasteiger partial charge in [0.15, 0.2) is 0 Å². The van der Waals surface area contributed by atoms with Crippen LogP contribution in [0.3, 0.4) is 0 Å². The number of carbonyl (C=O) groups is 1. The van der Waals surface area contributed by atoms with Crippen LogP contribution in [0.15, 0.2) is 0 Å². The second kappa shape index (κ2) is 8.48. The molecule has 0 unspecified atom stereocenters. The Bertz CT molecular complexity index is 241. The molecule has 1 atom stereocenters. The number of nitrogens with one attached hydrogen (secondary N) is 1. The lowest BCUT2D eigenvalue weighted by atomic mass is 9.85. The number of esters is 1. The minimum Gasteiger partial charge on any atom is -0.462 e. The number of carbonyl (C=O) groups excluding carboxylic acids is 1. The van der Waals surface area contributed by atoms with Crippen LogP contribution >= 0.6 is 0 Å². The van der Waals surface area contributed by atoms with Crippen molar-refractivity contribution in [3.63, 3.8) is 0 Å². The average molecular weight is 259 g/mol. The topological polar surface area (TPSA) is 58.6 Å². The van der Waals surface area contributed by atoms with Gasteiger partial charge in [-0.2, -0.15) is 0 Å². The highest BCUT2D eigenvalue weighted by Crippen LogP contribution is 2.23. The number of aliphatic hydroxyl groups is 1. The summed E-state index contributed by atoms with van der Waals surface area (Å²) in [7, 11) is 0. The van der Waals surface area contributed by atoms with Crippen molar-refractivity contribution in [3.05, 3.63) is 0 Å². The van der Waals surface area contributed by atoms with Gasteiger partial charge in [0.2, 0.25) is 0 Å². The van der Waals surface area contributed by atoms with E-state index >= 15 is 0 Å². The molecular formula is C14H29NO3. The fraction of sp³-hybridized carbons (Fsp3) is 0.929. The third kappa shape index (κ3) is 5.83. The van der Waals surface area contributed by atoms with Crippen molar-refractivity contribution in [3.8, 4) is 0 Å². The summed E-state index contributed by atoms with van der Waals surface area (Å²) < 4.78 is 5.35. The first-order valence-electron chi connectivity index (χ1n) is 6.95. The molecule has 0 aromatic carbocycles. The van der Waals surface area contributed by atoms with Gasteiger partial charge in [0.1, 0.15) is 5.54 Å². The third-order valence-corrected chi connectivity index (χ3v) is 2.74. The molecule has 0 aromatic rings. The lowest BCUT2D eigenvalue weighted by Gasteiger charge is -2.34. The number of aliphatic hydroxyl groups excluding tert-OH is 1. The molecule has 0 amide bonds. The molecule has 4 heteroatoms. The van der Waals surface area contributed by atoms with Gasteiger partial charge in [-0.05, 0) is 45.6 Å². The van der Waals surface area contributed by atoms with Crippen molar-refractivity contribution in [1.82, 2.24) is 5.32 Å². The maximum Gasteiger partial charge on any atom is 0.326 e. The molecule has 0 spiro atoms. The second-order valence-electron chi connectivity index (χ2n) is 5.53. The quantitative estimate of drug-likeness (QED) is 0.623. The summed E-state index contributed by atoms with van der Waals surface area (Å²) in [5.74, 6) is 0.120. The van der Waals surface area contributed by atoms with Gasteiger partial charge in [-0.1, -0.05) is 20.8 Å². The molecule has 0 fully saturated rings. The van der Waals surface area contributed by atoms with Crippen LogP contribution in [0.1, 0.15) is 53.9 Å². The first kappa shape index (κ1) is 17.4. The molecule has 0 radical (unpaired) electrons. The summed E-state index contributed by atoms with van der Waals surface area (Å²) in [6.45, 7) is 10.6. The summed E-state index contributed by atoms with van der Waals surface area (Å²) in [6, 6.07) is 0. The maximum absolute atomic E-state index is 12.3. The molecule has 0 aliphatic heterocycles. The van der Waals surface area contributed by atoms with Crippen LogP contribution in [0.25, 0.3) is 0 Å². The molecule has 4 nitrogen and oxygen atoms in total. The van der Waals surface area contributed by atoms with E-state index in [0.29, 0.717) is 18.8 Å². The molecule has 2 N–H and O–H groups in total. The number of hydrogen-bond donors (Lipinski definition) is 2. The van der Waals surface area contributed by atoms with Crippen LogP contribution in [0.5, 0.6) is 0 Å². The normalized spacial score (nSPS) is 14.9. The van der Waals surface area contributed by atoms with E-state index in [1.807, 2.05) is 13.8 Å². The SMILES string of the molecule is CCCN[C@](CCO)(CC(C)C)C(=O)OC(C)C. The largest absolute Gasteiger partial charge is 0.462 e. The van der Waals surface area contributed by atoms with Gasteiger partial charge in [-0.25, -0.2) is 0 Å². The molecule has 18 heavy (non-hydrogen) atoms. The summed E-state index contributed by atoms with van der Waals surface area (Å²) in [4.78, 5) is 12.3. The van der Waals surface area contributed by atoms with Gasteiger partial charge in [-0.3, -0.25) is 4.79 Å². The number of rotatable bonds is 9. The van der Waals surface area contributed by atoms with E-state index in [-0.39, 0.29) is 18.7 Å². The average Bonchev–Trinajstić information content (AvgIpc) is 2.24. The molecule has 0 saturated carbocycles. The molecule has 0 rings (SSSR count). The lowest BCUT2D eigenvalue weighted by molar-refractivity contribution is -0.157. The monoisotopic (exact) mass is 259 g/mol. The predicted molar refractivity (Wildman–Crippen MR) is 73.4 cm³/mol. The molecule has 0 bridgehead atoms. The Kier molecular flexibility index (Phi) is 8.20. The Labute approximate surface area is 111 Å². The van der Waals surface area contributed by atoms with Crippen LogP contribution in [-0.4, -0.2) is 35.9 Å². The molecule has 0 aromatic heterocycles. The van der Waals surface area contributed by atoms with E-state index in [0.717, 1.165) is 13.0 Å². The Balaban J connectivity index is 4.96. The van der Waals surface area contributed by atoms with E-state index in [2.05, 4.69) is 26.1 Å². The fourth-order valence-electron chi connectivity index (χ4n) is 2.10. The molecule has 0 heterocycles. The molecule has 0 aliphatic rings. The summed E-state index contributed by atoms with van der Waals surface area (Å²) in [6.07, 6.45) is 1.89. The lowest BCUT2D eigenvalue weighted by Crippen LogP contribution is -2.55. The van der Waals surface area contributed by atoms with Crippen molar-refractivity contribution in [2.45, 2.75) is 65.5 Å². The summed E-state index contributed by atoms with van der Waals surface area (Å²) in [5.41, 5.74) is -0.747. The van der Waals surface area contributed by atoms with E-state index in [9.17, 15) is 9.90 Å². The summed E-state index contributed by atoms with van der Waals surface area (Å²) in [5, 5.41) is 12.5. The van der Waals surface area contributed by atoms with Crippen LogP contribution in [0.4, 0.5) is 0 Å². The number of ether oxygens (including phenoxy) is 1. The maximum atomic E-state index is 12.3. The highest BCUT2D eigenvalue weighted by atomic mass is 16.5. The zero-order valence-corrected chi connectivity index (χ0v) is 12.5. The Hall–Kier alpha value is -0.610. The minimum atomic E-state index is -0.747. The van der Waals surface area contributed by atoms with Gasteiger partial charge in [0, 0.05) is 6.61 Å². The third-order valence-electron chi connectivity index (χ3n) is 2.74. The van der Waals surface area contributed by atoms with Gasteiger partial charge in [0.05, 0.1) is 6.10 Å². The number of hydrogen-bond acceptors (Lipinski definition) is 4. The Morgan fingerprint density at radius 1 is 1.33 bits per heavy atom. The molecule has 108 valence electrons. The van der Waals surface area contributed by atoms with Gasteiger partial charge in [0.25, 0.3) is 0 Å². The van der Waals surface area contributed by atoms with Gasteiger partial charge in [-0.15, -0.1) is 0 Å². The van der Waals surface area contributed by atoms with Crippen LogP contribution in [-0.2, 0) is 9.53 Å². The zero-order chi connectivity index (χ0) is 14.2. The fourth-order valence-corrected chi connectivity index (χ4v) is 2.10. The first-order valence-corrected chi connectivity index (χ1v) is 6.95. The standard InChI is InChI=1S/C14H29NO3/c1-6-8-15-14(7-9-16,10-11(2)3)13(17)18-12(4)5/h11-12,15-16H,6-10H2,1-5H3/t14-/m1/s1. The van der Waals surface area contributed by atoms with Crippen LogP contribution in [0.2, 0.25) is 0 Å². The van der Waals surface area contributed by atoms with Crippen molar-refractivity contribution >= 4 is 5.97 Å². The van der Waals surface area contributed by atoms with Crippen LogP contribution < -0.4 is 5.32 Å². The van der Waals surface area contributed by atoms with Crippen molar-refractivity contribution in [1.29, 1.82) is 0 Å². The molecular weight excluding hydrogens is 230 g/mol. The Morgan fingerprint density at radius 2 is 1.94 bits per heavy atom.